The Morgan fingerprint density at radius 1 is 1.32 bits per heavy atom. The molecule has 2 saturated heterocycles. The molecule has 1 N–H and O–H groups in total. The summed E-state index contributed by atoms with van der Waals surface area (Å²) in [5.74, 6) is 3.18. The molecule has 0 aliphatic carbocycles. The lowest BCUT2D eigenvalue weighted by Gasteiger charge is -2.39. The lowest BCUT2D eigenvalue weighted by molar-refractivity contribution is -0.118. The normalized spacial score (nSPS) is 34.7. The van der Waals surface area contributed by atoms with Crippen molar-refractivity contribution in [3.05, 3.63) is 46.5 Å². The van der Waals surface area contributed by atoms with E-state index in [9.17, 15) is 9.59 Å². The number of allylic oxidation sites excluding steroid dienone is 3. The largest absolute Gasteiger partial charge is 0.495 e. The maximum atomic E-state index is 13.2. The van der Waals surface area contributed by atoms with Crippen LogP contribution in [-0.2, 0) is 20.7 Å². The number of epoxide rings is 1. The second kappa shape index (κ2) is 10.4. The third-order valence-corrected chi connectivity index (χ3v) is 8.15. The number of amides is 2. The van der Waals surface area contributed by atoms with Crippen LogP contribution in [0.1, 0.15) is 52.0 Å². The molecule has 3 heterocycles. The van der Waals surface area contributed by atoms with Crippen LogP contribution in [0.4, 0.5) is 10.5 Å². The first-order valence-electron chi connectivity index (χ1n) is 12.6. The zero-order chi connectivity index (χ0) is 27.0. The van der Waals surface area contributed by atoms with E-state index in [1.165, 1.54) is 0 Å². The number of nitrogens with one attached hydrogen (secondary N) is 1. The Bertz CT molecular complexity index is 1190. The molecular formula is C29H35ClN2O5. The van der Waals surface area contributed by atoms with Gasteiger partial charge in [-0.3, -0.25) is 4.79 Å². The first kappa shape index (κ1) is 27.1. The topological polar surface area (TPSA) is 80.4 Å². The Hall–Kier alpha value is -2.95. The summed E-state index contributed by atoms with van der Waals surface area (Å²) < 4.78 is 17.2. The highest BCUT2D eigenvalue weighted by Gasteiger charge is 2.58. The van der Waals surface area contributed by atoms with Gasteiger partial charge in [-0.2, -0.15) is 0 Å². The number of carbonyl (C=O) groups excluding carboxylic acids is 2. The van der Waals surface area contributed by atoms with Gasteiger partial charge in [0.25, 0.3) is 0 Å². The fourth-order valence-electron chi connectivity index (χ4n) is 5.37. The molecule has 3 aliphatic rings. The standard InChI is InChI=1S/C29H35ClN2O5/c1-7-29-12-9-8-10-18(2)14-20-15-21(25(30)22(16-20)35-6)32(5)24(33)11-13-28(4)26(37-28)19(3)23(17-29)36-27(34)31-29/h1,8-10,15-16,19,23,26H,11-14,17H2,2-6H3,(H,31,34)/b9-8+,18-10+/t19-,23?,26+,28+,29+/m1/s1. The molecule has 0 saturated carbocycles. The highest BCUT2D eigenvalue weighted by Crippen LogP contribution is 2.48. The van der Waals surface area contributed by atoms with Gasteiger partial charge in [-0.05, 0) is 44.4 Å². The summed E-state index contributed by atoms with van der Waals surface area (Å²) in [6.07, 6.45) is 13.2. The van der Waals surface area contributed by atoms with Crippen molar-refractivity contribution in [3.63, 3.8) is 0 Å². The van der Waals surface area contributed by atoms with Gasteiger partial charge in [0.15, 0.2) is 0 Å². The van der Waals surface area contributed by atoms with Crippen LogP contribution < -0.4 is 15.0 Å². The number of alkyl carbamates (subject to hydrolysis) is 1. The molecule has 0 spiro atoms. The predicted molar refractivity (Wildman–Crippen MR) is 144 cm³/mol. The second-order valence-corrected chi connectivity index (χ2v) is 11.0. The summed E-state index contributed by atoms with van der Waals surface area (Å²) >= 11 is 6.61. The van der Waals surface area contributed by atoms with Crippen LogP contribution in [0.2, 0.25) is 5.02 Å². The number of halogens is 1. The van der Waals surface area contributed by atoms with E-state index >= 15 is 0 Å². The van der Waals surface area contributed by atoms with Crippen LogP contribution >= 0.6 is 11.6 Å². The molecule has 1 aromatic rings. The molecule has 198 valence electrons. The van der Waals surface area contributed by atoms with E-state index in [0.29, 0.717) is 42.1 Å². The Balaban J connectivity index is 1.69. The van der Waals surface area contributed by atoms with E-state index in [-0.39, 0.29) is 24.3 Å². The molecular weight excluding hydrogens is 492 g/mol. The fraction of sp³-hybridized carbons (Fsp3) is 0.517. The molecule has 1 aromatic carbocycles. The minimum absolute atomic E-state index is 0.0722. The van der Waals surface area contributed by atoms with Gasteiger partial charge in [0.1, 0.15) is 22.4 Å². The molecule has 1 unspecified atom stereocenters. The maximum absolute atomic E-state index is 13.2. The number of hydrogen-bond acceptors (Lipinski definition) is 5. The summed E-state index contributed by atoms with van der Waals surface area (Å²) in [7, 11) is 3.29. The Labute approximate surface area is 224 Å². The van der Waals surface area contributed by atoms with Crippen LogP contribution in [-0.4, -0.2) is 49.5 Å². The highest BCUT2D eigenvalue weighted by atomic mass is 35.5. The molecule has 7 nitrogen and oxygen atoms in total. The molecule has 37 heavy (non-hydrogen) atoms. The molecule has 5 atom stereocenters. The summed E-state index contributed by atoms with van der Waals surface area (Å²) in [5.41, 5.74) is 1.36. The van der Waals surface area contributed by atoms with Crippen LogP contribution in [0.25, 0.3) is 0 Å². The fourth-order valence-corrected chi connectivity index (χ4v) is 5.68. The molecule has 2 amide bonds. The number of carbonyl (C=O) groups is 2. The smallest absolute Gasteiger partial charge is 0.408 e. The zero-order valence-corrected chi connectivity index (χ0v) is 22.9. The first-order chi connectivity index (χ1) is 17.5. The minimum atomic E-state index is -0.835. The molecule has 0 aromatic heterocycles. The Kier molecular flexibility index (Phi) is 7.64. The number of benzene rings is 1. The number of nitrogens with zero attached hydrogens (tertiary/aromatic N) is 1. The number of hydrogen-bond donors (Lipinski definition) is 1. The van der Waals surface area contributed by atoms with E-state index in [1.54, 1.807) is 19.1 Å². The van der Waals surface area contributed by atoms with Gasteiger partial charge in [0.2, 0.25) is 5.91 Å². The van der Waals surface area contributed by atoms with Gasteiger partial charge in [-0.15, -0.1) is 6.42 Å². The van der Waals surface area contributed by atoms with Gasteiger partial charge in [-0.1, -0.05) is 48.2 Å². The highest BCUT2D eigenvalue weighted by molar-refractivity contribution is 6.35. The lowest BCUT2D eigenvalue weighted by atomic mass is 9.81. The van der Waals surface area contributed by atoms with Gasteiger partial charge in [0, 0.05) is 32.2 Å². The quantitative estimate of drug-likeness (QED) is 0.401. The van der Waals surface area contributed by atoms with Crippen molar-refractivity contribution in [1.82, 2.24) is 5.32 Å². The van der Waals surface area contributed by atoms with Crippen molar-refractivity contribution in [2.45, 2.75) is 76.2 Å². The number of terminal acetylenes is 1. The van der Waals surface area contributed by atoms with Crippen molar-refractivity contribution in [1.29, 1.82) is 0 Å². The minimum Gasteiger partial charge on any atom is -0.495 e. The van der Waals surface area contributed by atoms with Crippen molar-refractivity contribution in [3.8, 4) is 18.1 Å². The van der Waals surface area contributed by atoms with E-state index in [2.05, 4.69) is 11.2 Å². The van der Waals surface area contributed by atoms with Crippen LogP contribution in [0.5, 0.6) is 5.75 Å². The van der Waals surface area contributed by atoms with Gasteiger partial charge in [0.05, 0.1) is 24.5 Å². The number of methoxy groups -OCH3 is 1. The van der Waals surface area contributed by atoms with Gasteiger partial charge in [-0.25, -0.2) is 4.79 Å². The number of fused-ring (bicyclic) bond motifs is 5. The zero-order valence-electron chi connectivity index (χ0n) is 22.1. The number of rotatable bonds is 1. The monoisotopic (exact) mass is 526 g/mol. The van der Waals surface area contributed by atoms with Crippen molar-refractivity contribution < 1.29 is 23.8 Å². The molecule has 4 bridgehead atoms. The lowest BCUT2D eigenvalue weighted by Crippen LogP contribution is -2.57. The third-order valence-electron chi connectivity index (χ3n) is 7.77. The molecule has 8 heteroatoms. The molecule has 3 aliphatic heterocycles. The number of anilines is 1. The molecule has 2 fully saturated rings. The van der Waals surface area contributed by atoms with Crippen LogP contribution in [0.15, 0.2) is 35.9 Å². The molecule has 4 rings (SSSR count). The Morgan fingerprint density at radius 2 is 2.08 bits per heavy atom. The van der Waals surface area contributed by atoms with Gasteiger partial charge >= 0.3 is 6.09 Å². The first-order valence-corrected chi connectivity index (χ1v) is 13.0. The third kappa shape index (κ3) is 5.66. The van der Waals surface area contributed by atoms with Gasteiger partial charge < -0.3 is 24.4 Å². The Morgan fingerprint density at radius 3 is 2.78 bits per heavy atom. The second-order valence-electron chi connectivity index (χ2n) is 10.6. The van der Waals surface area contributed by atoms with E-state index in [1.807, 2.05) is 51.1 Å². The molecule has 0 radical (unpaired) electrons. The predicted octanol–water partition coefficient (Wildman–Crippen LogP) is 5.20. The SMILES string of the molecule is C#C[C@]12C/C=C/C=C(\C)Cc3cc(OC)c(Cl)c(c3)N(C)C(=O)CC[C@]3(C)O[C@H]3[C@H](C)C(C1)OC(=O)N2. The van der Waals surface area contributed by atoms with E-state index in [0.717, 1.165) is 11.1 Å². The van der Waals surface area contributed by atoms with Crippen LogP contribution in [0, 0.1) is 18.3 Å². The summed E-state index contributed by atoms with van der Waals surface area (Å²) in [6, 6.07) is 3.82. The van der Waals surface area contributed by atoms with Crippen molar-refractivity contribution in [2.75, 3.05) is 19.1 Å². The average Bonchev–Trinajstić information content (AvgIpc) is 3.55. The van der Waals surface area contributed by atoms with Crippen molar-refractivity contribution >= 4 is 29.3 Å². The number of ether oxygens (including phenoxy) is 3. The average molecular weight is 527 g/mol. The van der Waals surface area contributed by atoms with Crippen molar-refractivity contribution in [2.24, 2.45) is 5.92 Å². The summed E-state index contributed by atoms with van der Waals surface area (Å²) in [4.78, 5) is 27.3. The summed E-state index contributed by atoms with van der Waals surface area (Å²) in [5, 5.41) is 3.25. The summed E-state index contributed by atoms with van der Waals surface area (Å²) in [6.45, 7) is 6.03. The van der Waals surface area contributed by atoms with Crippen LogP contribution in [0.3, 0.4) is 0 Å². The maximum Gasteiger partial charge on any atom is 0.408 e. The van der Waals surface area contributed by atoms with E-state index < -0.39 is 23.3 Å². The van der Waals surface area contributed by atoms with E-state index in [4.69, 9.17) is 32.2 Å².